The van der Waals surface area contributed by atoms with E-state index in [1.54, 1.807) is 16.0 Å². The van der Waals surface area contributed by atoms with Crippen molar-refractivity contribution < 1.29 is 14.3 Å². The Balaban J connectivity index is 1.31. The molecule has 3 amide bonds. The van der Waals surface area contributed by atoms with Crippen molar-refractivity contribution in [3.05, 3.63) is 47.5 Å². The Labute approximate surface area is 217 Å². The van der Waals surface area contributed by atoms with Gasteiger partial charge in [0.05, 0.1) is 11.4 Å². The number of rotatable bonds is 2. The number of carbonyl (C=O) groups is 2. The zero-order valence-corrected chi connectivity index (χ0v) is 22.4. The maximum atomic E-state index is 13.3. The molecule has 0 unspecified atom stereocenters. The molecule has 10 heteroatoms. The average molecular weight is 506 g/mol. The predicted molar refractivity (Wildman–Crippen MR) is 144 cm³/mol. The highest BCUT2D eigenvalue weighted by molar-refractivity contribution is 6.03. The molecule has 3 aromatic heterocycles. The molecule has 2 aliphatic rings. The normalized spacial score (nSPS) is 17.8. The van der Waals surface area contributed by atoms with Gasteiger partial charge in [0.25, 0.3) is 0 Å². The maximum Gasteiger partial charge on any atom is 0.410 e. The summed E-state index contributed by atoms with van der Waals surface area (Å²) in [5, 5.41) is 3.04. The van der Waals surface area contributed by atoms with Crippen LogP contribution < -0.4 is 15.1 Å². The molecule has 1 fully saturated rings. The standard InChI is InChI=1S/C27H35N7O3/c1-17-13-20(16-32-14-18(2)29-23(17)32)30-25(35)34-10-8-21-22(7-9-28-24(21)34)31-11-12-33(19(3)15-31)26(36)37-27(4,5)6/h7,9,13-14,16,19H,8,10-12,15H2,1-6H3,(H,30,35)/t19-/m1/s1. The van der Waals surface area contributed by atoms with Crippen LogP contribution in [-0.4, -0.2) is 69.2 Å². The smallest absolute Gasteiger partial charge is 0.410 e. The fourth-order valence-electron chi connectivity index (χ4n) is 5.19. The minimum Gasteiger partial charge on any atom is -0.444 e. The number of aryl methyl sites for hydroxylation is 2. The molecule has 1 saturated heterocycles. The summed E-state index contributed by atoms with van der Waals surface area (Å²) in [5.74, 6) is 0.688. The highest BCUT2D eigenvalue weighted by Crippen LogP contribution is 2.35. The number of piperazine rings is 1. The van der Waals surface area contributed by atoms with Gasteiger partial charge in [-0.1, -0.05) is 0 Å². The summed E-state index contributed by atoms with van der Waals surface area (Å²) < 4.78 is 7.52. The first-order valence-electron chi connectivity index (χ1n) is 12.8. The van der Waals surface area contributed by atoms with Crippen LogP contribution in [0.2, 0.25) is 0 Å². The number of fused-ring (bicyclic) bond motifs is 2. The second kappa shape index (κ2) is 9.24. The van der Waals surface area contributed by atoms with Crippen LogP contribution in [0.25, 0.3) is 5.65 Å². The van der Waals surface area contributed by atoms with Gasteiger partial charge < -0.3 is 24.3 Å². The third-order valence-electron chi connectivity index (χ3n) is 6.80. The number of nitrogens with zero attached hydrogens (tertiary/aromatic N) is 6. The maximum absolute atomic E-state index is 13.3. The van der Waals surface area contributed by atoms with Crippen LogP contribution in [0.5, 0.6) is 0 Å². The molecule has 5 rings (SSSR count). The third kappa shape index (κ3) is 4.92. The fourth-order valence-corrected chi connectivity index (χ4v) is 5.19. The van der Waals surface area contributed by atoms with Crippen molar-refractivity contribution in [3.63, 3.8) is 0 Å². The van der Waals surface area contributed by atoms with Crippen molar-refractivity contribution in [3.8, 4) is 0 Å². The summed E-state index contributed by atoms with van der Waals surface area (Å²) in [4.78, 5) is 40.8. The molecule has 0 radical (unpaired) electrons. The fraction of sp³-hybridized carbons (Fsp3) is 0.481. The van der Waals surface area contributed by atoms with E-state index in [9.17, 15) is 9.59 Å². The van der Waals surface area contributed by atoms with E-state index < -0.39 is 5.60 Å². The number of carbonyl (C=O) groups excluding carboxylic acids is 2. The topological polar surface area (TPSA) is 95.3 Å². The van der Waals surface area contributed by atoms with Crippen LogP contribution in [0, 0.1) is 13.8 Å². The van der Waals surface area contributed by atoms with E-state index >= 15 is 0 Å². The number of amides is 3. The number of aromatic nitrogens is 3. The minimum atomic E-state index is -0.522. The van der Waals surface area contributed by atoms with Crippen molar-refractivity contribution in [2.45, 2.75) is 59.6 Å². The van der Waals surface area contributed by atoms with E-state index in [-0.39, 0.29) is 18.2 Å². The number of imidazole rings is 1. The zero-order chi connectivity index (χ0) is 26.5. The number of pyridine rings is 2. The molecule has 1 N–H and O–H groups in total. The summed E-state index contributed by atoms with van der Waals surface area (Å²) >= 11 is 0. The molecule has 10 nitrogen and oxygen atoms in total. The summed E-state index contributed by atoms with van der Waals surface area (Å²) in [7, 11) is 0. The summed E-state index contributed by atoms with van der Waals surface area (Å²) in [5.41, 5.74) is 5.13. The molecule has 5 heterocycles. The minimum absolute atomic E-state index is 0.00168. The SMILES string of the molecule is Cc1cn2cc(NC(=O)N3CCc4c(N5CCN(C(=O)OC(C)(C)C)[C@H](C)C5)ccnc43)cc(C)c2n1. The van der Waals surface area contributed by atoms with Crippen LogP contribution >= 0.6 is 0 Å². The Hall–Kier alpha value is -3.82. The van der Waals surface area contributed by atoms with Gasteiger partial charge in [-0.15, -0.1) is 0 Å². The van der Waals surface area contributed by atoms with Crippen molar-refractivity contribution in [1.82, 2.24) is 19.3 Å². The number of nitrogens with one attached hydrogen (secondary N) is 1. The summed E-state index contributed by atoms with van der Waals surface area (Å²) in [6, 6.07) is 3.74. The van der Waals surface area contributed by atoms with E-state index in [2.05, 4.69) is 20.2 Å². The molecular weight excluding hydrogens is 470 g/mol. The second-order valence-electron chi connectivity index (χ2n) is 11.0. The van der Waals surface area contributed by atoms with Gasteiger partial charge in [0, 0.05) is 62.1 Å². The molecule has 0 spiro atoms. The zero-order valence-electron chi connectivity index (χ0n) is 22.4. The van der Waals surface area contributed by atoms with E-state index in [0.29, 0.717) is 37.7 Å². The second-order valence-corrected chi connectivity index (χ2v) is 11.0. The number of anilines is 3. The highest BCUT2D eigenvalue weighted by atomic mass is 16.6. The van der Waals surface area contributed by atoms with Gasteiger partial charge in [-0.05, 0) is 65.7 Å². The van der Waals surface area contributed by atoms with E-state index in [1.165, 1.54) is 0 Å². The van der Waals surface area contributed by atoms with Gasteiger partial charge in [-0.25, -0.2) is 19.6 Å². The molecule has 2 aliphatic heterocycles. The van der Waals surface area contributed by atoms with Crippen LogP contribution in [-0.2, 0) is 11.2 Å². The molecule has 1 atom stereocenters. The average Bonchev–Trinajstić information content (AvgIpc) is 3.41. The Morgan fingerprint density at radius 2 is 1.92 bits per heavy atom. The van der Waals surface area contributed by atoms with Gasteiger partial charge in [-0.2, -0.15) is 0 Å². The Morgan fingerprint density at radius 1 is 1.14 bits per heavy atom. The van der Waals surface area contributed by atoms with Gasteiger partial charge in [0.15, 0.2) is 0 Å². The van der Waals surface area contributed by atoms with Crippen molar-refractivity contribution >= 4 is 35.0 Å². The monoisotopic (exact) mass is 505 g/mol. The Bertz CT molecular complexity index is 1360. The Morgan fingerprint density at radius 3 is 2.65 bits per heavy atom. The van der Waals surface area contributed by atoms with Gasteiger partial charge in [0.1, 0.15) is 17.1 Å². The van der Waals surface area contributed by atoms with Crippen LogP contribution in [0.15, 0.2) is 30.7 Å². The van der Waals surface area contributed by atoms with Gasteiger partial charge in [0.2, 0.25) is 0 Å². The van der Waals surface area contributed by atoms with Gasteiger partial charge in [-0.3, -0.25) is 4.90 Å². The quantitative estimate of drug-likeness (QED) is 0.555. The lowest BCUT2D eigenvalue weighted by atomic mass is 10.1. The lowest BCUT2D eigenvalue weighted by Gasteiger charge is -2.41. The number of ether oxygens (including phenoxy) is 1. The summed E-state index contributed by atoms with van der Waals surface area (Å²) in [6.07, 6.45) is 6.04. The predicted octanol–water partition coefficient (Wildman–Crippen LogP) is 4.39. The molecule has 3 aromatic rings. The third-order valence-corrected chi connectivity index (χ3v) is 6.80. The highest BCUT2D eigenvalue weighted by Gasteiger charge is 2.34. The number of hydrogen-bond acceptors (Lipinski definition) is 6. The molecule has 0 aromatic carbocycles. The van der Waals surface area contributed by atoms with Gasteiger partial charge >= 0.3 is 12.1 Å². The van der Waals surface area contributed by atoms with E-state index in [4.69, 9.17) is 4.74 Å². The van der Waals surface area contributed by atoms with E-state index in [1.807, 2.05) is 70.5 Å². The number of hydrogen-bond donors (Lipinski definition) is 1. The summed E-state index contributed by atoms with van der Waals surface area (Å²) in [6.45, 7) is 14.1. The molecule has 37 heavy (non-hydrogen) atoms. The largest absolute Gasteiger partial charge is 0.444 e. The van der Waals surface area contributed by atoms with Crippen LogP contribution in [0.3, 0.4) is 0 Å². The van der Waals surface area contributed by atoms with Crippen LogP contribution in [0.1, 0.15) is 44.5 Å². The Kier molecular flexibility index (Phi) is 6.21. The van der Waals surface area contributed by atoms with Crippen LogP contribution in [0.4, 0.5) is 26.8 Å². The molecule has 0 aliphatic carbocycles. The van der Waals surface area contributed by atoms with E-state index in [0.717, 1.165) is 34.6 Å². The first-order valence-corrected chi connectivity index (χ1v) is 12.8. The van der Waals surface area contributed by atoms with Crippen molar-refractivity contribution in [2.24, 2.45) is 0 Å². The molecule has 0 bridgehead atoms. The first-order chi connectivity index (χ1) is 17.5. The molecular formula is C27H35N7O3. The van der Waals surface area contributed by atoms with Crippen molar-refractivity contribution in [1.29, 1.82) is 0 Å². The molecule has 0 saturated carbocycles. The molecule has 196 valence electrons. The lowest BCUT2D eigenvalue weighted by Crippen LogP contribution is -2.55. The number of urea groups is 1. The first kappa shape index (κ1) is 24.9. The lowest BCUT2D eigenvalue weighted by molar-refractivity contribution is 0.0159. The van der Waals surface area contributed by atoms with Crippen molar-refractivity contribution in [2.75, 3.05) is 41.3 Å².